The molecule has 3 aromatic heterocycles. The van der Waals surface area contributed by atoms with Gasteiger partial charge in [-0.15, -0.1) is 0 Å². The van der Waals surface area contributed by atoms with E-state index in [0.29, 0.717) is 61.9 Å². The van der Waals surface area contributed by atoms with Crippen LogP contribution in [0.2, 0.25) is 0 Å². The number of pyridine rings is 2. The number of rotatable bonds is 5. The van der Waals surface area contributed by atoms with Crippen LogP contribution in [0.1, 0.15) is 139 Å². The summed E-state index contributed by atoms with van der Waals surface area (Å²) in [6.07, 6.45) is 14.7. The number of piperidine rings is 1. The van der Waals surface area contributed by atoms with Gasteiger partial charge in [0.2, 0.25) is 0 Å². The fourth-order valence-corrected chi connectivity index (χ4v) is 15.0. The van der Waals surface area contributed by atoms with E-state index in [1.165, 1.54) is 0 Å². The second-order valence-electron chi connectivity index (χ2n) is 22.4. The summed E-state index contributed by atoms with van der Waals surface area (Å²) in [5.41, 5.74) is 10.7. The van der Waals surface area contributed by atoms with Crippen molar-refractivity contribution in [1.82, 2.24) is 15.3 Å². The molecule has 9 atom stereocenters. The highest BCUT2D eigenvalue weighted by Crippen LogP contribution is 2.61. The molecule has 0 radical (unpaired) electrons. The molecule has 0 unspecified atom stereocenters. The van der Waals surface area contributed by atoms with Gasteiger partial charge in [0.15, 0.2) is 5.43 Å². The molecule has 4 aliphatic heterocycles. The van der Waals surface area contributed by atoms with Crippen molar-refractivity contribution in [3.8, 4) is 17.2 Å². The van der Waals surface area contributed by atoms with Gasteiger partial charge in [-0.05, 0) is 161 Å². The van der Waals surface area contributed by atoms with Gasteiger partial charge in [0.1, 0.15) is 63.9 Å². The highest BCUT2D eigenvalue weighted by molar-refractivity contribution is 5.93. The summed E-state index contributed by atoms with van der Waals surface area (Å²) in [4.78, 5) is 39.6. The number of hydrogen-bond acceptors (Lipinski definition) is 15. The average molecular weight is 992 g/mol. The third-order valence-corrected chi connectivity index (χ3v) is 18.5. The summed E-state index contributed by atoms with van der Waals surface area (Å²) < 4.78 is 21.3. The number of nitrogens with two attached hydrogens (primary N) is 1. The predicted molar refractivity (Wildman–Crippen MR) is 275 cm³/mol. The number of aromatic hydroxyl groups is 2. The van der Waals surface area contributed by atoms with Crippen molar-refractivity contribution in [2.45, 2.75) is 139 Å². The molecular formula is C58H65N5O10. The Kier molecular flexibility index (Phi) is 11.6. The third-order valence-electron chi connectivity index (χ3n) is 18.5. The number of carbonyl (C=O) groups excluding carboxylic acids is 1. The molecule has 1 saturated heterocycles. The van der Waals surface area contributed by atoms with Crippen LogP contribution in [-0.2, 0) is 41.8 Å². The fourth-order valence-electron chi connectivity index (χ4n) is 15.0. The topological polar surface area (TPSA) is 243 Å². The SMILES string of the molecule is C/C=C(\C(=O)O[C@@H]1Cc2c3c(c4oc(CO)cc(=O)c4c2O)[C@@H]2c4ccnc(N)c4[C@H](CCc4ccc(O)cc4[C@H]2CO)[C@H]2CCc4c(cnc5c4C=C[C@@H](C)N5)C[C@@H]2[C@]1(C)O3)[C@@]1(O)CCC2(CCNCC2)C1. The molecule has 12 rings (SSSR count). The van der Waals surface area contributed by atoms with Crippen molar-refractivity contribution in [1.29, 1.82) is 0 Å². The van der Waals surface area contributed by atoms with E-state index in [2.05, 4.69) is 29.7 Å². The van der Waals surface area contributed by atoms with E-state index in [-0.39, 0.29) is 69.1 Å². The molecule has 7 heterocycles. The molecule has 5 aromatic rings. The van der Waals surface area contributed by atoms with Gasteiger partial charge in [-0.3, -0.25) is 4.79 Å². The predicted octanol–water partition coefficient (Wildman–Crippen LogP) is 7.11. The first kappa shape index (κ1) is 47.7. The van der Waals surface area contributed by atoms with Crippen LogP contribution in [0.4, 0.5) is 11.6 Å². The van der Waals surface area contributed by atoms with Crippen LogP contribution in [0.3, 0.4) is 0 Å². The molecule has 1 spiro atoms. The highest BCUT2D eigenvalue weighted by Gasteiger charge is 2.58. The minimum absolute atomic E-state index is 0.0101. The summed E-state index contributed by atoms with van der Waals surface area (Å²) in [6.45, 7) is 6.47. The lowest BCUT2D eigenvalue weighted by atomic mass is 9.62. The van der Waals surface area contributed by atoms with Crippen molar-refractivity contribution in [2.24, 2.45) is 17.3 Å². The number of fused-ring (bicyclic) bond motifs is 11. The number of allylic oxidation sites excluding steroid dienone is 1. The number of aliphatic hydroxyl groups is 3. The van der Waals surface area contributed by atoms with Crippen LogP contribution >= 0.6 is 0 Å². The Labute approximate surface area is 423 Å². The number of hydrogen-bond donors (Lipinski definition) is 8. The first-order valence-corrected chi connectivity index (χ1v) is 26.3. The smallest absolute Gasteiger partial charge is 0.337 e. The molecule has 15 nitrogen and oxygen atoms in total. The number of esters is 1. The van der Waals surface area contributed by atoms with Gasteiger partial charge >= 0.3 is 5.97 Å². The summed E-state index contributed by atoms with van der Waals surface area (Å²) in [6, 6.07) is 8.40. The number of phenols is 2. The van der Waals surface area contributed by atoms with Crippen molar-refractivity contribution >= 4 is 34.7 Å². The number of nitrogens with zero attached hydrogens (tertiary/aromatic N) is 2. The number of benzene rings is 2. The fraction of sp³-hybridized carbons (Fsp3) is 0.483. The summed E-state index contributed by atoms with van der Waals surface area (Å²) in [7, 11) is 0. The van der Waals surface area contributed by atoms with Crippen molar-refractivity contribution in [2.75, 3.05) is 30.7 Å². The Morgan fingerprint density at radius 1 is 0.986 bits per heavy atom. The maximum Gasteiger partial charge on any atom is 0.337 e. The summed E-state index contributed by atoms with van der Waals surface area (Å²) in [5.74, 6) is -2.55. The Morgan fingerprint density at radius 2 is 1.81 bits per heavy atom. The molecule has 15 heteroatoms. The Hall–Kier alpha value is -6.26. The summed E-state index contributed by atoms with van der Waals surface area (Å²) >= 11 is 0. The van der Waals surface area contributed by atoms with E-state index in [9.17, 15) is 30.3 Å². The number of aryl methyl sites for hydroxylation is 1. The van der Waals surface area contributed by atoms with Gasteiger partial charge in [-0.2, -0.15) is 0 Å². The van der Waals surface area contributed by atoms with Gasteiger partial charge in [-0.25, -0.2) is 14.8 Å². The zero-order valence-electron chi connectivity index (χ0n) is 41.7. The van der Waals surface area contributed by atoms with Crippen LogP contribution in [0.15, 0.2) is 69.7 Å². The van der Waals surface area contributed by atoms with Gasteiger partial charge in [-0.1, -0.05) is 24.3 Å². The lowest BCUT2D eigenvalue weighted by Gasteiger charge is -2.51. The monoisotopic (exact) mass is 991 g/mol. The Balaban J connectivity index is 1.14. The second kappa shape index (κ2) is 17.7. The number of phenolic OH excluding ortho intramolecular Hbond substituents is 2. The van der Waals surface area contributed by atoms with E-state index >= 15 is 4.79 Å². The molecule has 3 aliphatic carbocycles. The molecule has 2 fully saturated rings. The highest BCUT2D eigenvalue weighted by atomic mass is 16.6. The minimum Gasteiger partial charge on any atom is -0.508 e. The number of aliphatic hydroxyl groups excluding tert-OH is 2. The number of nitrogen functional groups attached to an aromatic ring is 1. The summed E-state index contributed by atoms with van der Waals surface area (Å²) in [5, 5.41) is 65.8. The zero-order chi connectivity index (χ0) is 50.7. The van der Waals surface area contributed by atoms with E-state index in [0.717, 1.165) is 77.6 Å². The van der Waals surface area contributed by atoms with Crippen LogP contribution in [0.5, 0.6) is 17.2 Å². The van der Waals surface area contributed by atoms with Crippen molar-refractivity contribution in [3.63, 3.8) is 0 Å². The van der Waals surface area contributed by atoms with Crippen molar-refractivity contribution in [3.05, 3.63) is 127 Å². The molecule has 7 aliphatic rings. The molecular weight excluding hydrogens is 927 g/mol. The molecule has 73 heavy (non-hydrogen) atoms. The number of aromatic nitrogens is 2. The number of ether oxygens (including phenoxy) is 2. The lowest BCUT2D eigenvalue weighted by molar-refractivity contribution is -0.171. The zero-order valence-corrected chi connectivity index (χ0v) is 41.7. The molecule has 1 saturated carbocycles. The maximum absolute atomic E-state index is 15.3. The van der Waals surface area contributed by atoms with E-state index in [1.54, 1.807) is 31.3 Å². The third kappa shape index (κ3) is 7.50. The Bertz CT molecular complexity index is 3210. The van der Waals surface area contributed by atoms with Crippen LogP contribution in [0.25, 0.3) is 17.0 Å². The van der Waals surface area contributed by atoms with Crippen LogP contribution in [-0.4, -0.2) is 84.5 Å². The van der Waals surface area contributed by atoms with E-state index in [4.69, 9.17) is 29.6 Å². The van der Waals surface area contributed by atoms with Crippen LogP contribution in [0, 0.1) is 17.3 Å². The first-order chi connectivity index (χ1) is 35.2. The number of carbonyl (C=O) groups is 1. The first-order valence-electron chi connectivity index (χ1n) is 26.3. The van der Waals surface area contributed by atoms with E-state index < -0.39 is 65.4 Å². The van der Waals surface area contributed by atoms with Gasteiger partial charge < -0.3 is 55.8 Å². The molecule has 4 bridgehead atoms. The second-order valence-corrected chi connectivity index (χ2v) is 22.4. The molecule has 382 valence electrons. The number of nitrogens with one attached hydrogen (secondary N) is 2. The quantitative estimate of drug-likeness (QED) is 0.0647. The molecule has 9 N–H and O–H groups in total. The van der Waals surface area contributed by atoms with Gasteiger partial charge in [0.05, 0.1) is 17.8 Å². The largest absolute Gasteiger partial charge is 0.508 e. The number of anilines is 2. The average Bonchev–Trinajstić information content (AvgIpc) is 3.58. The van der Waals surface area contributed by atoms with Crippen molar-refractivity contribution < 1.29 is 44.2 Å². The minimum atomic E-state index is -1.43. The molecule has 0 amide bonds. The normalized spacial score (nSPS) is 29.7. The Morgan fingerprint density at radius 3 is 2.59 bits per heavy atom. The van der Waals surface area contributed by atoms with Gasteiger partial charge in [0.25, 0.3) is 0 Å². The lowest BCUT2D eigenvalue weighted by Crippen LogP contribution is -2.59. The molecule has 2 aromatic carbocycles. The van der Waals surface area contributed by atoms with E-state index in [1.807, 2.05) is 25.3 Å². The van der Waals surface area contributed by atoms with Gasteiger partial charge in [0, 0.05) is 70.9 Å². The standard InChI is InChI=1S/C58H65N5O10/c1-4-42(58(70)15-14-57(28-58)16-19-60-20-17-57)55(69)72-45-24-40-50(68)48-44(67)23-33(26-64)71-52(48)49-46-38-13-18-61-53(59)47(38)36(10-7-30-6-8-32(66)22-39(30)41(46)27-65)35-12-11-34-31(21-43(35)56(45,3)73-51(40)49)25-62-54-37(34)9-5-29(2)63-54/h4-6,8-9,13,18,22-23,25,29,35-36,41,43,45-46,60,64-66,68,70H,7,10-12,14-17,19-21,24,26-28H2,1-3H3,(H2,59,61)(H,62,63)/b42-4+/t29-,35-,36-,41-,43+,45-,46-,56+,58-/m1/s1. The van der Waals surface area contributed by atoms with Crippen LogP contribution < -0.4 is 26.5 Å². The maximum atomic E-state index is 15.3.